The van der Waals surface area contributed by atoms with Crippen LogP contribution in [-0.4, -0.2) is 37.8 Å². The molecule has 0 saturated heterocycles. The average molecular weight is 323 g/mol. The van der Waals surface area contributed by atoms with E-state index in [2.05, 4.69) is 12.2 Å². The first-order valence-corrected chi connectivity index (χ1v) is 7.43. The number of benzene rings is 1. The first-order valence-electron chi connectivity index (χ1n) is 7.06. The van der Waals surface area contributed by atoms with Gasteiger partial charge in [-0.2, -0.15) is 13.2 Å². The molecule has 1 unspecified atom stereocenters. The first-order chi connectivity index (χ1) is 9.81. The quantitative estimate of drug-likeness (QED) is 0.769. The molecular formula is C15H22ClF3N2. The predicted molar refractivity (Wildman–Crippen MR) is 80.7 cm³/mol. The largest absolute Gasteiger partial charge is 0.401 e. The Morgan fingerprint density at radius 2 is 1.86 bits per heavy atom. The molecule has 0 radical (unpaired) electrons. The number of nitrogens with one attached hydrogen (secondary N) is 1. The highest BCUT2D eigenvalue weighted by Gasteiger charge is 2.29. The maximum absolute atomic E-state index is 12.3. The molecule has 0 aliphatic carbocycles. The van der Waals surface area contributed by atoms with Gasteiger partial charge in [0.05, 0.1) is 6.54 Å². The Balaban J connectivity index is 2.60. The van der Waals surface area contributed by atoms with Crippen molar-refractivity contribution in [3.05, 3.63) is 34.9 Å². The zero-order valence-electron chi connectivity index (χ0n) is 12.4. The van der Waals surface area contributed by atoms with Gasteiger partial charge < -0.3 is 5.32 Å². The molecule has 2 nitrogen and oxygen atoms in total. The van der Waals surface area contributed by atoms with Gasteiger partial charge >= 0.3 is 6.18 Å². The summed E-state index contributed by atoms with van der Waals surface area (Å²) in [6.45, 7) is 2.38. The Labute approximate surface area is 129 Å². The van der Waals surface area contributed by atoms with Gasteiger partial charge in [0, 0.05) is 11.1 Å². The minimum absolute atomic E-state index is 0.0397. The van der Waals surface area contributed by atoms with E-state index in [4.69, 9.17) is 11.6 Å². The van der Waals surface area contributed by atoms with Crippen molar-refractivity contribution in [1.82, 2.24) is 10.2 Å². The molecule has 21 heavy (non-hydrogen) atoms. The van der Waals surface area contributed by atoms with E-state index >= 15 is 0 Å². The molecule has 1 aromatic carbocycles. The van der Waals surface area contributed by atoms with Crippen molar-refractivity contribution in [2.45, 2.75) is 32.0 Å². The fourth-order valence-corrected chi connectivity index (χ4v) is 2.26. The molecule has 0 aliphatic rings. The van der Waals surface area contributed by atoms with Gasteiger partial charge in [0.25, 0.3) is 0 Å². The van der Waals surface area contributed by atoms with Crippen molar-refractivity contribution in [3.8, 4) is 0 Å². The summed E-state index contributed by atoms with van der Waals surface area (Å²) in [5.74, 6) is 0. The van der Waals surface area contributed by atoms with Crippen LogP contribution in [0, 0.1) is 0 Å². The molecule has 1 rings (SSSR count). The van der Waals surface area contributed by atoms with Gasteiger partial charge in [-0.25, -0.2) is 0 Å². The van der Waals surface area contributed by atoms with Crippen LogP contribution in [-0.2, 0) is 0 Å². The van der Waals surface area contributed by atoms with E-state index < -0.39 is 12.7 Å². The molecule has 0 fully saturated rings. The lowest BCUT2D eigenvalue weighted by Crippen LogP contribution is -2.34. The van der Waals surface area contributed by atoms with Crippen molar-refractivity contribution >= 4 is 11.6 Å². The number of nitrogens with zero attached hydrogens (tertiary/aromatic N) is 1. The van der Waals surface area contributed by atoms with Crippen LogP contribution in [0.15, 0.2) is 24.3 Å². The topological polar surface area (TPSA) is 15.3 Å². The lowest BCUT2D eigenvalue weighted by Gasteiger charge is -2.24. The van der Waals surface area contributed by atoms with E-state index in [1.54, 1.807) is 12.1 Å². The van der Waals surface area contributed by atoms with Crippen LogP contribution >= 0.6 is 11.6 Å². The molecule has 6 heteroatoms. The van der Waals surface area contributed by atoms with Gasteiger partial charge in [-0.3, -0.25) is 4.90 Å². The fourth-order valence-electron chi connectivity index (χ4n) is 2.13. The minimum atomic E-state index is -4.15. The van der Waals surface area contributed by atoms with Gasteiger partial charge in [0.1, 0.15) is 0 Å². The maximum Gasteiger partial charge on any atom is 0.401 e. The molecule has 0 heterocycles. The third-order valence-corrected chi connectivity index (χ3v) is 3.41. The molecular weight excluding hydrogens is 301 g/mol. The van der Waals surface area contributed by atoms with Crippen molar-refractivity contribution in [2.75, 3.05) is 26.7 Å². The SMILES string of the molecule is CCCNC(CCN(C)CC(F)(F)F)c1ccc(Cl)cc1. The zero-order chi connectivity index (χ0) is 15.9. The van der Waals surface area contributed by atoms with Crippen LogP contribution in [0.4, 0.5) is 13.2 Å². The summed E-state index contributed by atoms with van der Waals surface area (Å²) in [5, 5.41) is 4.03. The van der Waals surface area contributed by atoms with Crippen LogP contribution in [0.1, 0.15) is 31.4 Å². The van der Waals surface area contributed by atoms with Crippen molar-refractivity contribution in [2.24, 2.45) is 0 Å². The van der Waals surface area contributed by atoms with Gasteiger partial charge in [-0.1, -0.05) is 30.7 Å². The summed E-state index contributed by atoms with van der Waals surface area (Å²) in [6, 6.07) is 7.48. The van der Waals surface area contributed by atoms with Crippen molar-refractivity contribution in [1.29, 1.82) is 0 Å². The Morgan fingerprint density at radius 1 is 1.24 bits per heavy atom. The van der Waals surface area contributed by atoms with E-state index in [9.17, 15) is 13.2 Å². The summed E-state index contributed by atoms with van der Waals surface area (Å²) in [7, 11) is 1.49. The van der Waals surface area contributed by atoms with Crippen LogP contribution in [0.2, 0.25) is 5.02 Å². The average Bonchev–Trinajstić information content (AvgIpc) is 2.38. The fraction of sp³-hybridized carbons (Fsp3) is 0.600. The highest BCUT2D eigenvalue weighted by atomic mass is 35.5. The smallest absolute Gasteiger partial charge is 0.310 e. The van der Waals surface area contributed by atoms with E-state index in [-0.39, 0.29) is 6.04 Å². The summed E-state index contributed by atoms with van der Waals surface area (Å²) in [5.41, 5.74) is 1.05. The minimum Gasteiger partial charge on any atom is -0.310 e. The lowest BCUT2D eigenvalue weighted by atomic mass is 10.0. The highest BCUT2D eigenvalue weighted by Crippen LogP contribution is 2.21. The third kappa shape index (κ3) is 7.69. The second kappa shape index (κ2) is 8.61. The summed E-state index contributed by atoms with van der Waals surface area (Å²) < 4.78 is 37.0. The standard InChI is InChI=1S/C15H22ClF3N2/c1-3-9-20-14(12-4-6-13(16)7-5-12)8-10-21(2)11-15(17,18)19/h4-7,14,20H,3,8-11H2,1-2H3. The monoisotopic (exact) mass is 322 g/mol. The van der Waals surface area contributed by atoms with Crippen LogP contribution in [0.3, 0.4) is 0 Å². The van der Waals surface area contributed by atoms with Crippen LogP contribution in [0.25, 0.3) is 0 Å². The van der Waals surface area contributed by atoms with Crippen LogP contribution in [0.5, 0.6) is 0 Å². The maximum atomic E-state index is 12.3. The summed E-state index contributed by atoms with van der Waals surface area (Å²) in [6.07, 6.45) is -2.56. The Morgan fingerprint density at radius 3 is 2.38 bits per heavy atom. The lowest BCUT2D eigenvalue weighted by molar-refractivity contribution is -0.143. The number of hydrogen-bond donors (Lipinski definition) is 1. The van der Waals surface area contributed by atoms with Gasteiger partial charge in [0.15, 0.2) is 0 Å². The van der Waals surface area contributed by atoms with Gasteiger partial charge in [-0.15, -0.1) is 0 Å². The Kier molecular flexibility index (Phi) is 7.49. The van der Waals surface area contributed by atoms with E-state index in [0.717, 1.165) is 18.5 Å². The molecule has 0 spiro atoms. The summed E-state index contributed by atoms with van der Waals surface area (Å²) >= 11 is 5.87. The Bertz CT molecular complexity index is 406. The molecule has 0 amide bonds. The molecule has 1 atom stereocenters. The van der Waals surface area contributed by atoms with Crippen molar-refractivity contribution < 1.29 is 13.2 Å². The van der Waals surface area contributed by atoms with E-state index in [1.807, 2.05) is 12.1 Å². The first kappa shape index (κ1) is 18.3. The second-order valence-corrected chi connectivity index (χ2v) is 5.64. The molecule has 1 aromatic rings. The normalized spacial score (nSPS) is 13.7. The molecule has 1 N–H and O–H groups in total. The van der Waals surface area contributed by atoms with Gasteiger partial charge in [-0.05, 0) is 50.7 Å². The van der Waals surface area contributed by atoms with E-state index in [1.165, 1.54) is 11.9 Å². The van der Waals surface area contributed by atoms with Crippen LogP contribution < -0.4 is 5.32 Å². The second-order valence-electron chi connectivity index (χ2n) is 5.20. The number of halogens is 4. The number of rotatable bonds is 8. The molecule has 0 aromatic heterocycles. The molecule has 0 aliphatic heterocycles. The Hall–Kier alpha value is -0.780. The molecule has 120 valence electrons. The third-order valence-electron chi connectivity index (χ3n) is 3.16. The molecule has 0 bridgehead atoms. The van der Waals surface area contributed by atoms with E-state index in [0.29, 0.717) is 18.0 Å². The predicted octanol–water partition coefficient (Wildman–Crippen LogP) is 4.26. The van der Waals surface area contributed by atoms with Crippen molar-refractivity contribution in [3.63, 3.8) is 0 Å². The molecule has 0 saturated carbocycles. The number of hydrogen-bond acceptors (Lipinski definition) is 2. The highest BCUT2D eigenvalue weighted by molar-refractivity contribution is 6.30. The van der Waals surface area contributed by atoms with Gasteiger partial charge in [0.2, 0.25) is 0 Å². The zero-order valence-corrected chi connectivity index (χ0v) is 13.1. The summed E-state index contributed by atoms with van der Waals surface area (Å²) in [4.78, 5) is 1.30. The number of alkyl halides is 3.